The van der Waals surface area contributed by atoms with Crippen molar-refractivity contribution in [2.45, 2.75) is 11.7 Å². The average molecular weight is 322 g/mol. The molecule has 1 unspecified atom stereocenters. The van der Waals surface area contributed by atoms with Crippen LogP contribution >= 0.6 is 15.9 Å². The number of nitrogens with one attached hydrogen (secondary N) is 1. The maximum Gasteiger partial charge on any atom is 0.426 e. The fourth-order valence-corrected chi connectivity index (χ4v) is 2.04. The predicted molar refractivity (Wildman–Crippen MR) is 63.2 cm³/mol. The fourth-order valence-electron chi connectivity index (χ4n) is 1.67. The minimum absolute atomic E-state index is 0.125. The molecule has 96 valence electrons. The van der Waals surface area contributed by atoms with Gasteiger partial charge in [0, 0.05) is 10.2 Å². The highest BCUT2D eigenvalue weighted by molar-refractivity contribution is 9.10. The number of anilines is 1. The molecule has 18 heavy (non-hydrogen) atoms. The van der Waals surface area contributed by atoms with Crippen molar-refractivity contribution in [3.63, 3.8) is 0 Å². The summed E-state index contributed by atoms with van der Waals surface area (Å²) in [6.07, 6.45) is -3.16. The number of halogens is 4. The number of benzene rings is 1. The van der Waals surface area contributed by atoms with Crippen molar-refractivity contribution in [2.24, 2.45) is 0 Å². The summed E-state index contributed by atoms with van der Waals surface area (Å²) in [6, 6.07) is 4.53. The second-order valence-corrected chi connectivity index (χ2v) is 4.72. The highest BCUT2D eigenvalue weighted by atomic mass is 79.9. The minimum atomic E-state index is -4.93. The van der Waals surface area contributed by atoms with E-state index in [4.69, 9.17) is 5.11 Å². The Morgan fingerprint density at radius 2 is 2.06 bits per heavy atom. The van der Waals surface area contributed by atoms with E-state index in [1.165, 1.54) is 12.1 Å². The van der Waals surface area contributed by atoms with Crippen LogP contribution in [0.2, 0.25) is 0 Å². The van der Waals surface area contributed by atoms with Crippen LogP contribution in [-0.2, 0) is 4.79 Å². The number of rotatable bonds is 1. The molecule has 0 saturated heterocycles. The lowest BCUT2D eigenvalue weighted by molar-refractivity contribution is -0.186. The van der Waals surface area contributed by atoms with Gasteiger partial charge in [0.15, 0.2) is 0 Å². The molecular weight excluding hydrogens is 315 g/mol. The molecule has 0 bridgehead atoms. The van der Waals surface area contributed by atoms with Crippen molar-refractivity contribution < 1.29 is 23.1 Å². The summed E-state index contributed by atoms with van der Waals surface area (Å²) in [4.78, 5) is 11.0. The molecule has 2 N–H and O–H groups in total. The molecule has 1 aromatic carbocycles. The first kappa shape index (κ1) is 12.9. The van der Waals surface area contributed by atoms with Crippen LogP contribution in [0.25, 0.3) is 6.08 Å². The molecule has 0 fully saturated rings. The highest BCUT2D eigenvalue weighted by Gasteiger charge is 2.60. The summed E-state index contributed by atoms with van der Waals surface area (Å²) >= 11 is 3.19. The van der Waals surface area contributed by atoms with Crippen LogP contribution in [0.15, 0.2) is 28.7 Å². The molecule has 0 spiro atoms. The van der Waals surface area contributed by atoms with E-state index in [0.717, 1.165) is 6.08 Å². The van der Waals surface area contributed by atoms with Gasteiger partial charge in [-0.15, -0.1) is 0 Å². The van der Waals surface area contributed by atoms with Crippen molar-refractivity contribution >= 4 is 33.7 Å². The number of carboxylic acid groups (broad SMARTS) is 1. The van der Waals surface area contributed by atoms with E-state index >= 15 is 0 Å². The van der Waals surface area contributed by atoms with Crippen molar-refractivity contribution in [1.82, 2.24) is 0 Å². The van der Waals surface area contributed by atoms with Gasteiger partial charge >= 0.3 is 12.1 Å². The lowest BCUT2D eigenvalue weighted by Crippen LogP contribution is -2.57. The van der Waals surface area contributed by atoms with E-state index in [9.17, 15) is 18.0 Å². The molecule has 0 radical (unpaired) electrons. The minimum Gasteiger partial charge on any atom is -0.479 e. The first-order valence-corrected chi connectivity index (χ1v) is 5.63. The maximum absolute atomic E-state index is 12.9. The summed E-state index contributed by atoms with van der Waals surface area (Å²) < 4.78 is 39.4. The quantitative estimate of drug-likeness (QED) is 0.834. The molecule has 0 aromatic heterocycles. The Hall–Kier alpha value is -1.50. The van der Waals surface area contributed by atoms with E-state index in [0.29, 0.717) is 16.1 Å². The molecule has 1 atom stereocenters. The summed E-state index contributed by atoms with van der Waals surface area (Å²) in [6.45, 7) is 0. The lowest BCUT2D eigenvalue weighted by atomic mass is 9.92. The van der Waals surface area contributed by atoms with Crippen molar-refractivity contribution in [2.75, 3.05) is 5.32 Å². The summed E-state index contributed by atoms with van der Waals surface area (Å²) in [5.74, 6) is -1.99. The van der Waals surface area contributed by atoms with E-state index in [1.807, 2.05) is 5.32 Å². The van der Waals surface area contributed by atoms with Crippen molar-refractivity contribution in [3.05, 3.63) is 34.3 Å². The molecule has 2 rings (SSSR count). The molecule has 1 aromatic rings. The van der Waals surface area contributed by atoms with Gasteiger partial charge in [-0.25, -0.2) is 4.79 Å². The van der Waals surface area contributed by atoms with Gasteiger partial charge in [0.25, 0.3) is 5.54 Å². The van der Waals surface area contributed by atoms with Gasteiger partial charge < -0.3 is 10.4 Å². The van der Waals surface area contributed by atoms with Gasteiger partial charge in [0.1, 0.15) is 0 Å². The molecule has 1 aliphatic heterocycles. The normalized spacial score (nSPS) is 22.2. The molecule has 0 saturated carbocycles. The second-order valence-electron chi connectivity index (χ2n) is 3.80. The zero-order chi connectivity index (χ0) is 13.6. The van der Waals surface area contributed by atoms with E-state index in [-0.39, 0.29) is 5.69 Å². The molecule has 3 nitrogen and oxygen atoms in total. The number of aliphatic carboxylic acids is 1. The fraction of sp³-hybridized carbons (Fsp3) is 0.182. The Morgan fingerprint density at radius 1 is 1.39 bits per heavy atom. The van der Waals surface area contributed by atoms with Gasteiger partial charge in [0.05, 0.1) is 0 Å². The Labute approximate surface area is 108 Å². The number of carbonyl (C=O) groups is 1. The topological polar surface area (TPSA) is 49.3 Å². The van der Waals surface area contributed by atoms with Crippen LogP contribution in [-0.4, -0.2) is 22.8 Å². The van der Waals surface area contributed by atoms with Gasteiger partial charge in [-0.05, 0) is 29.8 Å². The van der Waals surface area contributed by atoms with E-state index < -0.39 is 17.7 Å². The predicted octanol–water partition coefficient (Wildman–Crippen LogP) is 3.27. The molecular formula is C11H7BrF3NO2. The van der Waals surface area contributed by atoms with Gasteiger partial charge in [-0.1, -0.05) is 22.0 Å². The maximum atomic E-state index is 12.9. The van der Waals surface area contributed by atoms with Crippen LogP contribution in [0.1, 0.15) is 5.56 Å². The van der Waals surface area contributed by atoms with Gasteiger partial charge in [-0.2, -0.15) is 13.2 Å². The van der Waals surface area contributed by atoms with Crippen molar-refractivity contribution in [3.8, 4) is 0 Å². The number of hydrogen-bond donors (Lipinski definition) is 2. The smallest absolute Gasteiger partial charge is 0.426 e. The Bertz CT molecular complexity index is 542. The summed E-state index contributed by atoms with van der Waals surface area (Å²) in [7, 11) is 0. The number of carboxylic acids is 1. The van der Waals surface area contributed by atoms with Crippen LogP contribution in [0.3, 0.4) is 0 Å². The zero-order valence-electron chi connectivity index (χ0n) is 8.75. The van der Waals surface area contributed by atoms with Gasteiger partial charge in [0.2, 0.25) is 0 Å². The van der Waals surface area contributed by atoms with Crippen LogP contribution < -0.4 is 5.32 Å². The summed E-state index contributed by atoms with van der Waals surface area (Å²) in [5.41, 5.74) is -2.46. The molecule has 1 heterocycles. The van der Waals surface area contributed by atoms with Crippen LogP contribution in [0, 0.1) is 0 Å². The first-order valence-electron chi connectivity index (χ1n) is 4.83. The SMILES string of the molecule is O=C(O)C1(C(F)(F)F)C=Cc2cc(Br)ccc2N1. The Kier molecular flexibility index (Phi) is 2.89. The molecule has 1 aliphatic rings. The number of fused-ring (bicyclic) bond motifs is 1. The molecule has 0 aliphatic carbocycles. The standard InChI is InChI=1S/C11H7BrF3NO2/c12-7-1-2-8-6(5-7)3-4-10(16-8,9(17)18)11(13,14)15/h1-5,16H,(H,17,18). The number of alkyl halides is 3. The number of hydrogen-bond acceptors (Lipinski definition) is 2. The second kappa shape index (κ2) is 4.01. The van der Waals surface area contributed by atoms with Crippen molar-refractivity contribution in [1.29, 1.82) is 0 Å². The lowest BCUT2D eigenvalue weighted by Gasteiger charge is -2.33. The van der Waals surface area contributed by atoms with E-state index in [2.05, 4.69) is 15.9 Å². The first-order chi connectivity index (χ1) is 8.26. The van der Waals surface area contributed by atoms with Crippen LogP contribution in [0.4, 0.5) is 18.9 Å². The van der Waals surface area contributed by atoms with Gasteiger partial charge in [-0.3, -0.25) is 0 Å². The molecule has 0 amide bonds. The zero-order valence-corrected chi connectivity index (χ0v) is 10.3. The average Bonchev–Trinajstić information content (AvgIpc) is 2.26. The van der Waals surface area contributed by atoms with Crippen LogP contribution in [0.5, 0.6) is 0 Å². The third-order valence-corrected chi connectivity index (χ3v) is 3.14. The Morgan fingerprint density at radius 3 is 2.61 bits per heavy atom. The molecule has 7 heteroatoms. The monoisotopic (exact) mass is 321 g/mol. The summed E-state index contributed by atoms with van der Waals surface area (Å²) in [5, 5.41) is 10.9. The third kappa shape index (κ3) is 1.88. The Balaban J connectivity index is 2.54. The van der Waals surface area contributed by atoms with E-state index in [1.54, 1.807) is 6.07 Å². The highest BCUT2D eigenvalue weighted by Crippen LogP contribution is 2.40. The largest absolute Gasteiger partial charge is 0.479 e. The third-order valence-electron chi connectivity index (χ3n) is 2.64.